The van der Waals surface area contributed by atoms with Crippen LogP contribution in [-0.4, -0.2) is 59.8 Å². The van der Waals surface area contributed by atoms with E-state index >= 15 is 0 Å². The van der Waals surface area contributed by atoms with Gasteiger partial charge in [0.05, 0.1) is 12.5 Å². The van der Waals surface area contributed by atoms with Crippen molar-refractivity contribution in [3.8, 4) is 0 Å². The Morgan fingerprint density at radius 1 is 1.53 bits per heavy atom. The topological polar surface area (TPSA) is 122 Å². The summed E-state index contributed by atoms with van der Waals surface area (Å²) in [6.07, 6.45) is 0.152. The molecule has 1 saturated heterocycles. The van der Waals surface area contributed by atoms with Crippen LogP contribution in [0.15, 0.2) is 0 Å². The van der Waals surface area contributed by atoms with E-state index in [0.717, 1.165) is 0 Å². The van der Waals surface area contributed by atoms with Crippen LogP contribution in [-0.2, 0) is 14.3 Å². The van der Waals surface area contributed by atoms with Gasteiger partial charge in [-0.25, -0.2) is 9.59 Å². The van der Waals surface area contributed by atoms with Gasteiger partial charge in [0, 0.05) is 19.7 Å². The van der Waals surface area contributed by atoms with Gasteiger partial charge >= 0.3 is 12.0 Å². The predicted octanol–water partition coefficient (Wildman–Crippen LogP) is -0.865. The van der Waals surface area contributed by atoms with E-state index in [9.17, 15) is 14.4 Å². The Morgan fingerprint density at radius 2 is 2.21 bits per heavy atom. The minimum atomic E-state index is -1.30. The number of nitrogens with two attached hydrogens (primary N) is 1. The van der Waals surface area contributed by atoms with Crippen LogP contribution in [0.5, 0.6) is 0 Å². The maximum absolute atomic E-state index is 11.9. The number of carboxylic acids is 1. The molecular weight excluding hydrogens is 254 g/mol. The number of carbonyl (C=O) groups is 3. The van der Waals surface area contributed by atoms with Gasteiger partial charge in [0.25, 0.3) is 0 Å². The minimum Gasteiger partial charge on any atom is -0.480 e. The molecule has 2 atom stereocenters. The first-order chi connectivity index (χ1) is 8.90. The zero-order chi connectivity index (χ0) is 14.4. The Kier molecular flexibility index (Phi) is 5.56. The minimum absolute atomic E-state index is 0.104. The highest BCUT2D eigenvalue weighted by molar-refractivity contribution is 5.87. The van der Waals surface area contributed by atoms with Crippen molar-refractivity contribution < 1.29 is 24.2 Å². The van der Waals surface area contributed by atoms with Crippen LogP contribution in [0.1, 0.15) is 19.8 Å². The molecule has 0 spiro atoms. The standard InChI is InChI=1S/C11H19N3O5/c1-7-6-14(3-2-4-19-7)11(18)13-8(10(16)17)5-9(12)15/h7-8H,2-6H2,1H3,(H2,12,15)(H,13,18)(H,16,17)/t7?,8-/m0/s1. The number of nitrogens with one attached hydrogen (secondary N) is 1. The summed E-state index contributed by atoms with van der Waals surface area (Å²) in [7, 11) is 0. The summed E-state index contributed by atoms with van der Waals surface area (Å²) in [6, 6.07) is -1.82. The molecule has 8 heteroatoms. The molecule has 1 fully saturated rings. The SMILES string of the molecule is CC1CN(C(=O)N[C@@H](CC(N)=O)C(=O)O)CCCO1. The summed E-state index contributed by atoms with van der Waals surface area (Å²) in [5, 5.41) is 11.2. The summed E-state index contributed by atoms with van der Waals surface area (Å²) in [4.78, 5) is 35.1. The van der Waals surface area contributed by atoms with Crippen molar-refractivity contribution in [1.82, 2.24) is 10.2 Å². The fourth-order valence-electron chi connectivity index (χ4n) is 1.82. The van der Waals surface area contributed by atoms with Crippen LogP contribution in [0, 0.1) is 0 Å². The number of ether oxygens (including phenoxy) is 1. The van der Waals surface area contributed by atoms with Gasteiger partial charge in [0.2, 0.25) is 5.91 Å². The fourth-order valence-corrected chi connectivity index (χ4v) is 1.82. The molecule has 0 aromatic carbocycles. The van der Waals surface area contributed by atoms with Crippen molar-refractivity contribution in [2.75, 3.05) is 19.7 Å². The van der Waals surface area contributed by atoms with Gasteiger partial charge in [-0.15, -0.1) is 0 Å². The molecule has 8 nitrogen and oxygen atoms in total. The highest BCUT2D eigenvalue weighted by Crippen LogP contribution is 2.06. The second-order valence-corrected chi connectivity index (χ2v) is 4.49. The number of amides is 3. The molecule has 4 N–H and O–H groups in total. The van der Waals surface area contributed by atoms with Crippen LogP contribution in [0.4, 0.5) is 4.79 Å². The molecule has 19 heavy (non-hydrogen) atoms. The zero-order valence-electron chi connectivity index (χ0n) is 10.8. The van der Waals surface area contributed by atoms with Crippen molar-refractivity contribution in [2.45, 2.75) is 31.9 Å². The number of primary amides is 1. The third-order valence-electron chi connectivity index (χ3n) is 2.74. The van der Waals surface area contributed by atoms with E-state index in [4.69, 9.17) is 15.6 Å². The highest BCUT2D eigenvalue weighted by Gasteiger charge is 2.26. The molecule has 1 aliphatic rings. The molecule has 0 radical (unpaired) electrons. The van der Waals surface area contributed by atoms with E-state index in [2.05, 4.69) is 5.32 Å². The van der Waals surface area contributed by atoms with Crippen molar-refractivity contribution >= 4 is 17.9 Å². The van der Waals surface area contributed by atoms with Crippen molar-refractivity contribution in [3.63, 3.8) is 0 Å². The normalized spacial score (nSPS) is 21.3. The number of carboxylic acid groups (broad SMARTS) is 1. The highest BCUT2D eigenvalue weighted by atomic mass is 16.5. The Hall–Kier alpha value is -1.83. The Labute approximate surface area is 110 Å². The van der Waals surface area contributed by atoms with Gasteiger partial charge in [-0.2, -0.15) is 0 Å². The first-order valence-corrected chi connectivity index (χ1v) is 6.08. The lowest BCUT2D eigenvalue weighted by molar-refractivity contribution is -0.140. The molecule has 1 aliphatic heterocycles. The Bertz CT molecular complexity index is 360. The van der Waals surface area contributed by atoms with Crippen LogP contribution >= 0.6 is 0 Å². The van der Waals surface area contributed by atoms with E-state index < -0.39 is 30.4 Å². The van der Waals surface area contributed by atoms with Gasteiger partial charge in [0.1, 0.15) is 6.04 Å². The Morgan fingerprint density at radius 3 is 2.79 bits per heavy atom. The average Bonchev–Trinajstić information content (AvgIpc) is 2.52. The van der Waals surface area contributed by atoms with E-state index in [-0.39, 0.29) is 6.10 Å². The average molecular weight is 273 g/mol. The van der Waals surface area contributed by atoms with Crippen LogP contribution in [0.25, 0.3) is 0 Å². The van der Waals surface area contributed by atoms with Crippen LogP contribution in [0.3, 0.4) is 0 Å². The van der Waals surface area contributed by atoms with Crippen molar-refractivity contribution in [2.24, 2.45) is 5.73 Å². The Balaban J connectivity index is 2.59. The van der Waals surface area contributed by atoms with Crippen molar-refractivity contribution in [1.29, 1.82) is 0 Å². The van der Waals surface area contributed by atoms with Gasteiger partial charge in [0.15, 0.2) is 0 Å². The number of hydrogen-bond acceptors (Lipinski definition) is 4. The molecule has 0 bridgehead atoms. The fraction of sp³-hybridized carbons (Fsp3) is 0.727. The lowest BCUT2D eigenvalue weighted by Gasteiger charge is -2.24. The number of carbonyl (C=O) groups excluding carboxylic acids is 2. The predicted molar refractivity (Wildman–Crippen MR) is 65.4 cm³/mol. The lowest BCUT2D eigenvalue weighted by atomic mass is 10.2. The molecule has 0 saturated carbocycles. The summed E-state index contributed by atoms with van der Waals surface area (Å²) in [6.45, 7) is 3.27. The second-order valence-electron chi connectivity index (χ2n) is 4.49. The lowest BCUT2D eigenvalue weighted by Crippen LogP contribution is -2.50. The monoisotopic (exact) mass is 273 g/mol. The molecule has 108 valence electrons. The van der Waals surface area contributed by atoms with Crippen molar-refractivity contribution in [3.05, 3.63) is 0 Å². The molecular formula is C11H19N3O5. The first-order valence-electron chi connectivity index (χ1n) is 6.08. The number of hydrogen-bond donors (Lipinski definition) is 3. The van der Waals surface area contributed by atoms with Gasteiger partial charge in [-0.3, -0.25) is 4.79 Å². The third kappa shape index (κ3) is 5.12. The summed E-state index contributed by atoms with van der Waals surface area (Å²) in [5.74, 6) is -2.06. The molecule has 1 unspecified atom stereocenters. The number of rotatable bonds is 4. The second kappa shape index (κ2) is 6.93. The summed E-state index contributed by atoms with van der Waals surface area (Å²) < 4.78 is 5.39. The van der Waals surface area contributed by atoms with E-state index in [1.165, 1.54) is 4.90 Å². The molecule has 0 aromatic heterocycles. The third-order valence-corrected chi connectivity index (χ3v) is 2.74. The molecule has 3 amide bonds. The van der Waals surface area contributed by atoms with Gasteiger partial charge in [-0.05, 0) is 13.3 Å². The number of nitrogens with zero attached hydrogens (tertiary/aromatic N) is 1. The number of aliphatic carboxylic acids is 1. The van der Waals surface area contributed by atoms with E-state index in [1.807, 2.05) is 6.92 Å². The smallest absolute Gasteiger partial charge is 0.326 e. The molecule has 1 heterocycles. The van der Waals surface area contributed by atoms with Gasteiger partial charge < -0.3 is 25.8 Å². The van der Waals surface area contributed by atoms with E-state index in [1.54, 1.807) is 0 Å². The molecule has 1 rings (SSSR count). The van der Waals surface area contributed by atoms with Crippen LogP contribution < -0.4 is 11.1 Å². The summed E-state index contributed by atoms with van der Waals surface area (Å²) >= 11 is 0. The largest absolute Gasteiger partial charge is 0.480 e. The maximum atomic E-state index is 11.9. The maximum Gasteiger partial charge on any atom is 0.326 e. The zero-order valence-corrected chi connectivity index (χ0v) is 10.8. The number of urea groups is 1. The molecule has 0 aliphatic carbocycles. The first kappa shape index (κ1) is 15.2. The summed E-state index contributed by atoms with van der Waals surface area (Å²) in [5.41, 5.74) is 4.95. The van der Waals surface area contributed by atoms with Crippen LogP contribution in [0.2, 0.25) is 0 Å². The van der Waals surface area contributed by atoms with Gasteiger partial charge in [-0.1, -0.05) is 0 Å². The quantitative estimate of drug-likeness (QED) is 0.615. The van der Waals surface area contributed by atoms with E-state index in [0.29, 0.717) is 26.1 Å². The molecule has 0 aromatic rings.